The normalized spacial score (nSPS) is 10.9. The van der Waals surface area contributed by atoms with Crippen LogP contribution in [0.15, 0.2) is 47.5 Å². The number of hydrogen-bond acceptors (Lipinski definition) is 6. The van der Waals surface area contributed by atoms with Gasteiger partial charge in [0, 0.05) is 6.21 Å². The first-order valence-corrected chi connectivity index (χ1v) is 9.00. The summed E-state index contributed by atoms with van der Waals surface area (Å²) in [7, 11) is 0. The van der Waals surface area contributed by atoms with Crippen LogP contribution in [0.25, 0.3) is 0 Å². The monoisotopic (exact) mass is 405 g/mol. The molecule has 0 aliphatic heterocycles. The molecular formula is C21H21F2NO5. The molecular weight excluding hydrogens is 384 g/mol. The Labute approximate surface area is 167 Å². The number of nitrogens with zero attached hydrogens (tertiary/aromatic N) is 1. The molecule has 154 valence electrons. The van der Waals surface area contributed by atoms with Crippen LogP contribution in [0.1, 0.15) is 19.4 Å². The molecule has 0 radical (unpaired) electrons. The first-order valence-electron chi connectivity index (χ1n) is 9.00. The molecule has 6 nitrogen and oxygen atoms in total. The van der Waals surface area contributed by atoms with Crippen molar-refractivity contribution in [3.05, 3.63) is 59.7 Å². The predicted octanol–water partition coefficient (Wildman–Crippen LogP) is 3.99. The van der Waals surface area contributed by atoms with Crippen LogP contribution in [0.2, 0.25) is 0 Å². The van der Waals surface area contributed by atoms with Crippen LogP contribution in [-0.2, 0) is 25.7 Å². The Morgan fingerprint density at radius 3 is 2.21 bits per heavy atom. The standard InChI is InChI=1S/C21H21F2NO5/c1-3-27-20(25)15(21(26)28-4-2)12-24-17-11-10-16(22)18(23)19(17)29-13-14-8-6-5-7-9-14/h5-12,15H,3-4,13H2,1-2H3. The molecule has 0 saturated heterocycles. The van der Waals surface area contributed by atoms with E-state index in [4.69, 9.17) is 14.2 Å². The van der Waals surface area contributed by atoms with Crippen LogP contribution in [0, 0.1) is 17.6 Å². The van der Waals surface area contributed by atoms with Crippen molar-refractivity contribution in [2.75, 3.05) is 13.2 Å². The minimum absolute atomic E-state index is 0.0249. The van der Waals surface area contributed by atoms with Gasteiger partial charge < -0.3 is 14.2 Å². The van der Waals surface area contributed by atoms with Crippen molar-refractivity contribution in [3.63, 3.8) is 0 Å². The average Bonchev–Trinajstić information content (AvgIpc) is 2.71. The lowest BCUT2D eigenvalue weighted by Gasteiger charge is -2.12. The minimum Gasteiger partial charge on any atom is -0.483 e. The van der Waals surface area contributed by atoms with Gasteiger partial charge in [0.15, 0.2) is 17.5 Å². The zero-order chi connectivity index (χ0) is 21.2. The van der Waals surface area contributed by atoms with Gasteiger partial charge in [0.1, 0.15) is 12.3 Å². The van der Waals surface area contributed by atoms with E-state index >= 15 is 0 Å². The fourth-order valence-electron chi connectivity index (χ4n) is 2.33. The second kappa shape index (κ2) is 10.9. The molecule has 0 aliphatic rings. The van der Waals surface area contributed by atoms with Crippen molar-refractivity contribution >= 4 is 23.8 Å². The molecule has 0 fully saturated rings. The highest BCUT2D eigenvalue weighted by Crippen LogP contribution is 2.33. The van der Waals surface area contributed by atoms with E-state index in [0.717, 1.165) is 17.8 Å². The van der Waals surface area contributed by atoms with E-state index in [1.807, 2.05) is 6.07 Å². The molecule has 0 unspecified atom stereocenters. The number of ether oxygens (including phenoxy) is 3. The topological polar surface area (TPSA) is 74.2 Å². The molecule has 0 bridgehead atoms. The third-order valence-corrected chi connectivity index (χ3v) is 3.70. The van der Waals surface area contributed by atoms with E-state index < -0.39 is 35.2 Å². The Hall–Kier alpha value is -3.29. The Morgan fingerprint density at radius 1 is 1.00 bits per heavy atom. The van der Waals surface area contributed by atoms with E-state index in [2.05, 4.69) is 4.99 Å². The zero-order valence-corrected chi connectivity index (χ0v) is 16.1. The Balaban J connectivity index is 2.30. The molecule has 2 rings (SSSR count). The van der Waals surface area contributed by atoms with Gasteiger partial charge in [-0.15, -0.1) is 0 Å². The van der Waals surface area contributed by atoms with Crippen LogP contribution in [-0.4, -0.2) is 31.4 Å². The van der Waals surface area contributed by atoms with E-state index in [9.17, 15) is 18.4 Å². The second-order valence-corrected chi connectivity index (χ2v) is 5.74. The van der Waals surface area contributed by atoms with Crippen molar-refractivity contribution in [1.82, 2.24) is 0 Å². The fraction of sp³-hybridized carbons (Fsp3) is 0.286. The second-order valence-electron chi connectivity index (χ2n) is 5.74. The zero-order valence-electron chi connectivity index (χ0n) is 16.1. The van der Waals surface area contributed by atoms with Gasteiger partial charge in [-0.25, -0.2) is 4.39 Å². The molecule has 0 aromatic heterocycles. The number of rotatable bonds is 9. The Kier molecular flexibility index (Phi) is 8.27. The van der Waals surface area contributed by atoms with Crippen LogP contribution in [0.5, 0.6) is 5.75 Å². The van der Waals surface area contributed by atoms with Crippen LogP contribution >= 0.6 is 0 Å². The maximum atomic E-state index is 14.3. The molecule has 29 heavy (non-hydrogen) atoms. The summed E-state index contributed by atoms with van der Waals surface area (Å²) in [4.78, 5) is 28.0. The summed E-state index contributed by atoms with van der Waals surface area (Å²) in [5.41, 5.74) is 0.653. The SMILES string of the molecule is CCOC(=O)C(C=Nc1ccc(F)c(F)c1OCc1ccccc1)C(=O)OCC. The quantitative estimate of drug-likeness (QED) is 0.358. The largest absolute Gasteiger partial charge is 0.483 e. The van der Waals surface area contributed by atoms with Crippen molar-refractivity contribution < 1.29 is 32.6 Å². The van der Waals surface area contributed by atoms with Gasteiger partial charge >= 0.3 is 11.9 Å². The van der Waals surface area contributed by atoms with Crippen LogP contribution in [0.3, 0.4) is 0 Å². The van der Waals surface area contributed by atoms with E-state index in [-0.39, 0.29) is 25.5 Å². The first-order chi connectivity index (χ1) is 14.0. The maximum Gasteiger partial charge on any atom is 0.325 e. The van der Waals surface area contributed by atoms with E-state index in [0.29, 0.717) is 0 Å². The Bertz CT molecular complexity index is 853. The Morgan fingerprint density at radius 2 is 1.62 bits per heavy atom. The number of hydrogen-bond donors (Lipinski definition) is 0. The van der Waals surface area contributed by atoms with Crippen LogP contribution in [0.4, 0.5) is 14.5 Å². The van der Waals surface area contributed by atoms with Crippen molar-refractivity contribution in [2.24, 2.45) is 10.9 Å². The fourth-order valence-corrected chi connectivity index (χ4v) is 2.33. The first kappa shape index (κ1) is 22.0. The van der Waals surface area contributed by atoms with E-state index in [1.165, 1.54) is 6.07 Å². The summed E-state index contributed by atoms with van der Waals surface area (Å²) in [6.07, 6.45) is 0.970. The maximum absolute atomic E-state index is 14.3. The summed E-state index contributed by atoms with van der Waals surface area (Å²) < 4.78 is 43.1. The summed E-state index contributed by atoms with van der Waals surface area (Å²) in [5, 5.41) is 0. The third kappa shape index (κ3) is 6.10. The highest BCUT2D eigenvalue weighted by molar-refractivity contribution is 6.09. The summed E-state index contributed by atoms with van der Waals surface area (Å²) in [6.45, 7) is 3.26. The predicted molar refractivity (Wildman–Crippen MR) is 102 cm³/mol. The van der Waals surface area contributed by atoms with Gasteiger partial charge in [-0.05, 0) is 31.5 Å². The van der Waals surface area contributed by atoms with E-state index in [1.54, 1.807) is 38.1 Å². The minimum atomic E-state index is -1.44. The number of esters is 2. The molecule has 2 aromatic rings. The number of benzene rings is 2. The van der Waals surface area contributed by atoms with Gasteiger partial charge in [-0.3, -0.25) is 14.6 Å². The number of carbonyl (C=O) groups excluding carboxylic acids is 2. The molecule has 0 atom stereocenters. The highest BCUT2D eigenvalue weighted by atomic mass is 19.2. The lowest BCUT2D eigenvalue weighted by atomic mass is 10.1. The van der Waals surface area contributed by atoms with Crippen molar-refractivity contribution in [1.29, 1.82) is 0 Å². The van der Waals surface area contributed by atoms with Gasteiger partial charge in [0.25, 0.3) is 0 Å². The lowest BCUT2D eigenvalue weighted by molar-refractivity contribution is -0.157. The molecule has 2 aromatic carbocycles. The summed E-state index contributed by atoms with van der Waals surface area (Å²) in [6, 6.07) is 11.0. The summed E-state index contributed by atoms with van der Waals surface area (Å²) in [5.74, 6) is -5.92. The molecule has 0 amide bonds. The lowest BCUT2D eigenvalue weighted by Crippen LogP contribution is -2.29. The molecule has 0 aliphatic carbocycles. The van der Waals surface area contributed by atoms with Crippen molar-refractivity contribution in [3.8, 4) is 5.75 Å². The van der Waals surface area contributed by atoms with Gasteiger partial charge in [0.2, 0.25) is 5.82 Å². The molecule has 0 N–H and O–H groups in total. The molecule has 0 heterocycles. The van der Waals surface area contributed by atoms with Gasteiger partial charge in [-0.1, -0.05) is 30.3 Å². The third-order valence-electron chi connectivity index (χ3n) is 3.70. The van der Waals surface area contributed by atoms with Crippen molar-refractivity contribution in [2.45, 2.75) is 20.5 Å². The molecule has 0 spiro atoms. The van der Waals surface area contributed by atoms with Gasteiger partial charge in [0.05, 0.1) is 13.2 Å². The smallest absolute Gasteiger partial charge is 0.325 e. The number of aliphatic imine (C=N–C) groups is 1. The molecule has 8 heteroatoms. The van der Waals surface area contributed by atoms with Gasteiger partial charge in [-0.2, -0.15) is 4.39 Å². The van der Waals surface area contributed by atoms with Crippen LogP contribution < -0.4 is 4.74 Å². The number of carbonyl (C=O) groups is 2. The average molecular weight is 405 g/mol. The highest BCUT2D eigenvalue weighted by Gasteiger charge is 2.28. The molecule has 0 saturated carbocycles. The number of halogens is 2. The summed E-state index contributed by atoms with van der Waals surface area (Å²) >= 11 is 0.